The highest BCUT2D eigenvalue weighted by molar-refractivity contribution is 5.74. The number of hydrogen-bond donors (Lipinski definition) is 2. The second-order valence-electron chi connectivity index (χ2n) is 7.52. The van der Waals surface area contributed by atoms with E-state index in [0.717, 1.165) is 23.6 Å². The van der Waals surface area contributed by atoms with Gasteiger partial charge in [-0.2, -0.15) is 0 Å². The second-order valence-corrected chi connectivity index (χ2v) is 7.52. The number of carbonyl (C=O) groups is 1. The summed E-state index contributed by atoms with van der Waals surface area (Å²) in [6.07, 6.45) is 11.3. The number of imidazole rings is 1. The normalized spacial score (nSPS) is 36.7. The molecule has 0 spiro atoms. The van der Waals surface area contributed by atoms with Crippen molar-refractivity contribution in [1.82, 2.24) is 20.2 Å². The van der Waals surface area contributed by atoms with Gasteiger partial charge in [0, 0.05) is 25.0 Å². The first-order valence-corrected chi connectivity index (χ1v) is 8.13. The maximum atomic E-state index is 12.5. The van der Waals surface area contributed by atoms with E-state index in [0.29, 0.717) is 6.54 Å². The summed E-state index contributed by atoms with van der Waals surface area (Å²) in [5.74, 6) is 3.39. The number of amides is 2. The summed E-state index contributed by atoms with van der Waals surface area (Å²) in [6.45, 7) is 0.533. The molecule has 5 heteroatoms. The van der Waals surface area contributed by atoms with Crippen molar-refractivity contribution in [3.8, 4) is 0 Å². The number of H-pyrrole nitrogens is 1. The monoisotopic (exact) mass is 288 g/mol. The first-order valence-electron chi connectivity index (χ1n) is 8.13. The van der Waals surface area contributed by atoms with Gasteiger partial charge in [0.2, 0.25) is 0 Å². The lowest BCUT2D eigenvalue weighted by atomic mass is 9.53. The van der Waals surface area contributed by atoms with E-state index in [2.05, 4.69) is 15.3 Å². The molecular formula is C16H24N4O. The summed E-state index contributed by atoms with van der Waals surface area (Å²) >= 11 is 0. The molecule has 4 aliphatic rings. The van der Waals surface area contributed by atoms with E-state index in [9.17, 15) is 4.79 Å². The minimum absolute atomic E-state index is 0.0494. The van der Waals surface area contributed by atoms with Gasteiger partial charge in [-0.3, -0.25) is 0 Å². The molecule has 5 rings (SSSR count). The molecule has 0 aromatic carbocycles. The lowest BCUT2D eigenvalue weighted by Crippen LogP contribution is -2.61. The van der Waals surface area contributed by atoms with Crippen LogP contribution in [-0.2, 0) is 6.54 Å². The van der Waals surface area contributed by atoms with Gasteiger partial charge in [0.15, 0.2) is 0 Å². The standard InChI is InChI=1S/C16H24N4O/c1-20(10-14-17-2-3-18-14)15(21)19-16-7-11-4-12(8-16)6-13(5-11)9-16/h2-3,11-13H,4-10H2,1H3,(H,17,18)(H,19,21). The van der Waals surface area contributed by atoms with Gasteiger partial charge in [-0.15, -0.1) is 0 Å². The molecule has 21 heavy (non-hydrogen) atoms. The highest BCUT2D eigenvalue weighted by atomic mass is 16.2. The molecule has 1 aromatic rings. The van der Waals surface area contributed by atoms with Crippen molar-refractivity contribution in [1.29, 1.82) is 0 Å². The molecule has 4 saturated carbocycles. The van der Waals surface area contributed by atoms with Crippen LogP contribution < -0.4 is 5.32 Å². The second kappa shape index (κ2) is 4.75. The van der Waals surface area contributed by atoms with Crippen LogP contribution in [0.15, 0.2) is 12.4 Å². The zero-order chi connectivity index (χ0) is 14.4. The van der Waals surface area contributed by atoms with Gasteiger partial charge in [0.05, 0.1) is 6.54 Å². The van der Waals surface area contributed by atoms with Gasteiger partial charge in [0.25, 0.3) is 0 Å². The number of carbonyl (C=O) groups excluding carboxylic acids is 1. The first kappa shape index (κ1) is 13.2. The van der Waals surface area contributed by atoms with Gasteiger partial charge in [0.1, 0.15) is 5.82 Å². The van der Waals surface area contributed by atoms with Crippen LogP contribution in [-0.4, -0.2) is 33.5 Å². The van der Waals surface area contributed by atoms with Crippen LogP contribution in [0.4, 0.5) is 4.79 Å². The molecule has 2 amide bonds. The van der Waals surface area contributed by atoms with Gasteiger partial charge in [-0.25, -0.2) is 9.78 Å². The summed E-state index contributed by atoms with van der Waals surface area (Å²) in [5.41, 5.74) is 0.0866. The quantitative estimate of drug-likeness (QED) is 0.898. The Bertz CT molecular complexity index is 489. The van der Waals surface area contributed by atoms with Crippen LogP contribution in [0.1, 0.15) is 44.3 Å². The van der Waals surface area contributed by atoms with Gasteiger partial charge >= 0.3 is 6.03 Å². The van der Waals surface area contributed by atoms with Crippen molar-refractivity contribution in [3.05, 3.63) is 18.2 Å². The third-order valence-electron chi connectivity index (χ3n) is 5.70. The fraction of sp³-hybridized carbons (Fsp3) is 0.750. The average Bonchev–Trinajstić information content (AvgIpc) is 2.89. The summed E-state index contributed by atoms with van der Waals surface area (Å²) in [6, 6.07) is 0.0494. The number of nitrogens with zero attached hydrogens (tertiary/aromatic N) is 2. The Labute approximate surface area is 125 Å². The molecular weight excluding hydrogens is 264 g/mol. The summed E-state index contributed by atoms with van der Waals surface area (Å²) in [7, 11) is 1.85. The zero-order valence-corrected chi connectivity index (χ0v) is 12.6. The number of rotatable bonds is 3. The molecule has 1 heterocycles. The van der Waals surface area contributed by atoms with E-state index in [4.69, 9.17) is 0 Å². The topological polar surface area (TPSA) is 61.0 Å². The zero-order valence-electron chi connectivity index (χ0n) is 12.6. The number of aromatic amines is 1. The van der Waals surface area contributed by atoms with Crippen molar-refractivity contribution >= 4 is 6.03 Å². The predicted molar refractivity (Wildman–Crippen MR) is 79.5 cm³/mol. The van der Waals surface area contributed by atoms with Crippen molar-refractivity contribution in [3.63, 3.8) is 0 Å². The van der Waals surface area contributed by atoms with Gasteiger partial charge < -0.3 is 15.2 Å². The molecule has 0 atom stereocenters. The maximum Gasteiger partial charge on any atom is 0.317 e. The highest BCUT2D eigenvalue weighted by Gasteiger charge is 2.51. The SMILES string of the molecule is CN(Cc1ncc[nH]1)C(=O)NC12CC3CC(CC(C3)C1)C2. The fourth-order valence-corrected chi connectivity index (χ4v) is 5.27. The van der Waals surface area contributed by atoms with Gasteiger partial charge in [-0.1, -0.05) is 0 Å². The summed E-state index contributed by atoms with van der Waals surface area (Å²) in [5, 5.41) is 3.38. The molecule has 0 aliphatic heterocycles. The fourth-order valence-electron chi connectivity index (χ4n) is 5.27. The van der Waals surface area contributed by atoms with Crippen molar-refractivity contribution in [2.24, 2.45) is 17.8 Å². The van der Waals surface area contributed by atoms with E-state index in [1.807, 2.05) is 7.05 Å². The Morgan fingerprint density at radius 3 is 2.48 bits per heavy atom. The summed E-state index contributed by atoms with van der Waals surface area (Å²) in [4.78, 5) is 21.5. The summed E-state index contributed by atoms with van der Waals surface area (Å²) < 4.78 is 0. The Kier molecular flexibility index (Phi) is 2.98. The van der Waals surface area contributed by atoms with Crippen molar-refractivity contribution < 1.29 is 4.79 Å². The maximum absolute atomic E-state index is 12.5. The number of aromatic nitrogens is 2. The minimum Gasteiger partial charge on any atom is -0.347 e. The van der Waals surface area contributed by atoms with E-state index in [1.54, 1.807) is 17.3 Å². The van der Waals surface area contributed by atoms with Crippen molar-refractivity contribution in [2.45, 2.75) is 50.6 Å². The Morgan fingerprint density at radius 2 is 1.95 bits per heavy atom. The van der Waals surface area contributed by atoms with Crippen molar-refractivity contribution in [2.75, 3.05) is 7.05 Å². The van der Waals surface area contributed by atoms with Crippen LogP contribution >= 0.6 is 0 Å². The Hall–Kier alpha value is -1.52. The third kappa shape index (κ3) is 2.43. The van der Waals surface area contributed by atoms with E-state index >= 15 is 0 Å². The first-order chi connectivity index (χ1) is 10.1. The molecule has 4 fully saturated rings. The molecule has 4 bridgehead atoms. The largest absolute Gasteiger partial charge is 0.347 e. The number of nitrogens with one attached hydrogen (secondary N) is 2. The molecule has 2 N–H and O–H groups in total. The third-order valence-corrected chi connectivity index (χ3v) is 5.70. The molecule has 114 valence electrons. The van der Waals surface area contributed by atoms with E-state index in [1.165, 1.54) is 38.5 Å². The number of urea groups is 1. The Balaban J connectivity index is 1.42. The molecule has 5 nitrogen and oxygen atoms in total. The predicted octanol–water partition coefficient (Wildman–Crippen LogP) is 2.52. The van der Waals surface area contributed by atoms with Crippen LogP contribution in [0.5, 0.6) is 0 Å². The highest BCUT2D eigenvalue weighted by Crippen LogP contribution is 2.55. The number of hydrogen-bond acceptors (Lipinski definition) is 2. The molecule has 4 aliphatic carbocycles. The van der Waals surface area contributed by atoms with Crippen LogP contribution in [0, 0.1) is 17.8 Å². The lowest BCUT2D eigenvalue weighted by molar-refractivity contribution is -0.0154. The molecule has 0 radical (unpaired) electrons. The van der Waals surface area contributed by atoms with E-state index in [-0.39, 0.29) is 11.6 Å². The van der Waals surface area contributed by atoms with Gasteiger partial charge in [-0.05, 0) is 56.3 Å². The van der Waals surface area contributed by atoms with Crippen LogP contribution in [0.2, 0.25) is 0 Å². The Morgan fingerprint density at radius 1 is 1.33 bits per heavy atom. The van der Waals surface area contributed by atoms with E-state index < -0.39 is 0 Å². The lowest BCUT2D eigenvalue weighted by Gasteiger charge is -2.57. The molecule has 0 saturated heterocycles. The van der Waals surface area contributed by atoms with Crippen LogP contribution in [0.25, 0.3) is 0 Å². The smallest absolute Gasteiger partial charge is 0.317 e. The minimum atomic E-state index is 0.0494. The van der Waals surface area contributed by atoms with Crippen LogP contribution in [0.3, 0.4) is 0 Å². The molecule has 1 aromatic heterocycles. The molecule has 0 unspecified atom stereocenters. The average molecular weight is 288 g/mol.